The molecular weight excluding hydrogens is 180 g/mol. The van der Waals surface area contributed by atoms with Gasteiger partial charge in [0.15, 0.2) is 0 Å². The number of hydrogen-bond acceptors (Lipinski definition) is 4. The lowest BCUT2D eigenvalue weighted by molar-refractivity contribution is 0.127. The van der Waals surface area contributed by atoms with E-state index in [1.54, 1.807) is 11.8 Å². The van der Waals surface area contributed by atoms with E-state index < -0.39 is 0 Å². The highest BCUT2D eigenvalue weighted by molar-refractivity contribution is 4.96. The Morgan fingerprint density at radius 3 is 2.79 bits per heavy atom. The van der Waals surface area contributed by atoms with Crippen LogP contribution in [0.15, 0.2) is 6.33 Å². The Balaban J connectivity index is 2.69. The summed E-state index contributed by atoms with van der Waals surface area (Å²) >= 11 is 0. The second kappa shape index (κ2) is 4.52. The van der Waals surface area contributed by atoms with Crippen LogP contribution in [0.1, 0.15) is 19.2 Å². The van der Waals surface area contributed by atoms with Crippen molar-refractivity contribution in [2.24, 2.45) is 12.8 Å². The number of hydrogen-bond donors (Lipinski definition) is 1. The molecule has 5 nitrogen and oxygen atoms in total. The smallest absolute Gasteiger partial charge is 0.138 e. The molecule has 5 heteroatoms. The van der Waals surface area contributed by atoms with E-state index in [0.29, 0.717) is 13.0 Å². The molecule has 0 aliphatic heterocycles. The Hall–Kier alpha value is -0.940. The second-order valence-corrected chi connectivity index (χ2v) is 3.63. The normalized spacial score (nSPS) is 15.4. The van der Waals surface area contributed by atoms with Crippen LogP contribution in [-0.2, 0) is 18.2 Å². The van der Waals surface area contributed by atoms with Crippen LogP contribution in [0.2, 0.25) is 0 Å². The van der Waals surface area contributed by atoms with Gasteiger partial charge in [-0.1, -0.05) is 6.92 Å². The molecule has 0 aliphatic rings. The summed E-state index contributed by atoms with van der Waals surface area (Å²) in [5.74, 6) is 0.895. The van der Waals surface area contributed by atoms with Gasteiger partial charge in [-0.2, -0.15) is 5.10 Å². The molecule has 1 unspecified atom stereocenters. The van der Waals surface area contributed by atoms with E-state index in [1.165, 1.54) is 6.33 Å². The van der Waals surface area contributed by atoms with E-state index in [-0.39, 0.29) is 5.54 Å². The largest absolute Gasteiger partial charge is 0.383 e. The van der Waals surface area contributed by atoms with Gasteiger partial charge in [0, 0.05) is 26.1 Å². The molecular formula is C9H18N4O. The Morgan fingerprint density at radius 1 is 1.64 bits per heavy atom. The maximum absolute atomic E-state index is 6.16. The fourth-order valence-electron chi connectivity index (χ4n) is 1.36. The van der Waals surface area contributed by atoms with Crippen molar-refractivity contribution in [3.8, 4) is 0 Å². The lowest BCUT2D eigenvalue weighted by Crippen LogP contribution is -2.46. The number of aryl methyl sites for hydroxylation is 1. The first-order chi connectivity index (χ1) is 6.61. The van der Waals surface area contributed by atoms with Gasteiger partial charge in [0.05, 0.1) is 6.61 Å². The molecule has 0 saturated heterocycles. The van der Waals surface area contributed by atoms with Gasteiger partial charge in [0.25, 0.3) is 0 Å². The third kappa shape index (κ3) is 2.52. The number of ether oxygens (including phenoxy) is 1. The van der Waals surface area contributed by atoms with Gasteiger partial charge in [0.2, 0.25) is 0 Å². The van der Waals surface area contributed by atoms with Crippen LogP contribution < -0.4 is 5.73 Å². The third-order valence-electron chi connectivity index (χ3n) is 2.45. The molecule has 0 aromatic carbocycles. The number of nitrogens with two attached hydrogens (primary N) is 1. The predicted octanol–water partition coefficient (Wildman–Crippen LogP) is 0.111. The lowest BCUT2D eigenvalue weighted by Gasteiger charge is -2.26. The zero-order valence-corrected chi connectivity index (χ0v) is 9.03. The molecule has 0 spiro atoms. The summed E-state index contributed by atoms with van der Waals surface area (Å²) in [5.41, 5.74) is 5.82. The van der Waals surface area contributed by atoms with Crippen LogP contribution in [0.3, 0.4) is 0 Å². The van der Waals surface area contributed by atoms with Crippen LogP contribution in [0, 0.1) is 0 Å². The van der Waals surface area contributed by atoms with Crippen molar-refractivity contribution >= 4 is 0 Å². The molecule has 0 radical (unpaired) electrons. The lowest BCUT2D eigenvalue weighted by atomic mass is 9.94. The van der Waals surface area contributed by atoms with Crippen LogP contribution >= 0.6 is 0 Å². The van der Waals surface area contributed by atoms with Crippen molar-refractivity contribution in [1.29, 1.82) is 0 Å². The molecule has 1 atom stereocenters. The molecule has 0 amide bonds. The zero-order chi connectivity index (χ0) is 10.6. The summed E-state index contributed by atoms with van der Waals surface area (Å²) < 4.78 is 6.85. The third-order valence-corrected chi connectivity index (χ3v) is 2.45. The van der Waals surface area contributed by atoms with Gasteiger partial charge in [-0.05, 0) is 6.42 Å². The van der Waals surface area contributed by atoms with Crippen molar-refractivity contribution in [2.45, 2.75) is 25.3 Å². The Morgan fingerprint density at radius 2 is 2.36 bits per heavy atom. The van der Waals surface area contributed by atoms with Crippen molar-refractivity contribution in [1.82, 2.24) is 14.8 Å². The molecule has 0 fully saturated rings. The van der Waals surface area contributed by atoms with E-state index in [2.05, 4.69) is 17.0 Å². The minimum absolute atomic E-state index is 0.338. The molecule has 80 valence electrons. The molecule has 14 heavy (non-hydrogen) atoms. The fraction of sp³-hybridized carbons (Fsp3) is 0.778. The van der Waals surface area contributed by atoms with E-state index in [0.717, 1.165) is 12.2 Å². The first-order valence-electron chi connectivity index (χ1n) is 4.72. The highest BCUT2D eigenvalue weighted by atomic mass is 16.5. The van der Waals surface area contributed by atoms with E-state index in [9.17, 15) is 0 Å². The number of nitrogens with zero attached hydrogens (tertiary/aromatic N) is 3. The molecule has 2 N–H and O–H groups in total. The zero-order valence-electron chi connectivity index (χ0n) is 9.03. The van der Waals surface area contributed by atoms with Gasteiger partial charge in [-0.3, -0.25) is 4.68 Å². The Bertz CT molecular complexity index is 286. The van der Waals surface area contributed by atoms with Gasteiger partial charge in [-0.25, -0.2) is 4.98 Å². The van der Waals surface area contributed by atoms with Gasteiger partial charge >= 0.3 is 0 Å². The average molecular weight is 198 g/mol. The summed E-state index contributed by atoms with van der Waals surface area (Å²) in [7, 11) is 3.53. The quantitative estimate of drug-likeness (QED) is 0.729. The number of methoxy groups -OCH3 is 1. The van der Waals surface area contributed by atoms with Crippen LogP contribution in [0.5, 0.6) is 0 Å². The molecule has 1 rings (SSSR count). The Kier molecular flexibility index (Phi) is 3.60. The minimum atomic E-state index is -0.338. The highest BCUT2D eigenvalue weighted by Gasteiger charge is 2.25. The molecule has 1 aromatic heterocycles. The topological polar surface area (TPSA) is 66.0 Å². The van der Waals surface area contributed by atoms with E-state index in [1.807, 2.05) is 7.05 Å². The van der Waals surface area contributed by atoms with Crippen molar-refractivity contribution < 1.29 is 4.74 Å². The van der Waals surface area contributed by atoms with Crippen molar-refractivity contribution in [3.05, 3.63) is 12.2 Å². The van der Waals surface area contributed by atoms with E-state index >= 15 is 0 Å². The highest BCUT2D eigenvalue weighted by Crippen LogP contribution is 2.12. The van der Waals surface area contributed by atoms with E-state index in [4.69, 9.17) is 10.5 Å². The summed E-state index contributed by atoms with van der Waals surface area (Å²) in [6.07, 6.45) is 3.08. The number of rotatable bonds is 5. The SMILES string of the molecule is CCC(N)(COC)Cc1ncnn1C. The summed E-state index contributed by atoms with van der Waals surface area (Å²) in [6, 6.07) is 0. The minimum Gasteiger partial charge on any atom is -0.383 e. The summed E-state index contributed by atoms with van der Waals surface area (Å²) in [5, 5.41) is 4.00. The second-order valence-electron chi connectivity index (χ2n) is 3.63. The molecule has 0 saturated carbocycles. The van der Waals surface area contributed by atoms with Gasteiger partial charge < -0.3 is 10.5 Å². The molecule has 0 bridgehead atoms. The first-order valence-corrected chi connectivity index (χ1v) is 4.72. The van der Waals surface area contributed by atoms with Gasteiger partial charge in [-0.15, -0.1) is 0 Å². The monoisotopic (exact) mass is 198 g/mol. The molecule has 1 heterocycles. The number of aromatic nitrogens is 3. The standard InChI is InChI=1S/C9H18N4O/c1-4-9(10,6-14-3)5-8-11-7-12-13(8)2/h7H,4-6,10H2,1-3H3. The van der Waals surface area contributed by atoms with Crippen LogP contribution in [-0.4, -0.2) is 34.0 Å². The first kappa shape index (κ1) is 11.1. The van der Waals surface area contributed by atoms with Crippen LogP contribution in [0.25, 0.3) is 0 Å². The fourth-order valence-corrected chi connectivity index (χ4v) is 1.36. The summed E-state index contributed by atoms with van der Waals surface area (Å²) in [6.45, 7) is 2.59. The predicted molar refractivity (Wildman–Crippen MR) is 53.8 cm³/mol. The Labute approximate surface area is 84.3 Å². The molecule has 0 aliphatic carbocycles. The van der Waals surface area contributed by atoms with Crippen LogP contribution in [0.4, 0.5) is 0 Å². The van der Waals surface area contributed by atoms with Gasteiger partial charge in [0.1, 0.15) is 12.2 Å². The van der Waals surface area contributed by atoms with Crippen molar-refractivity contribution in [2.75, 3.05) is 13.7 Å². The van der Waals surface area contributed by atoms with Crippen molar-refractivity contribution in [3.63, 3.8) is 0 Å². The average Bonchev–Trinajstić information content (AvgIpc) is 2.52. The molecule has 1 aromatic rings. The summed E-state index contributed by atoms with van der Waals surface area (Å²) in [4.78, 5) is 4.15. The maximum atomic E-state index is 6.16. The maximum Gasteiger partial charge on any atom is 0.138 e.